The van der Waals surface area contributed by atoms with E-state index in [9.17, 15) is 19.8 Å². The van der Waals surface area contributed by atoms with Gasteiger partial charge in [-0.05, 0) is 68.0 Å². The number of pyridine rings is 1. The van der Waals surface area contributed by atoms with Crippen molar-refractivity contribution in [3.8, 4) is 39.1 Å². The molecular weight excluding hydrogens is 959 g/mol. The number of hydrogen-bond acceptors (Lipinski definition) is 17. The van der Waals surface area contributed by atoms with Gasteiger partial charge in [-0.2, -0.15) is 5.10 Å². The molecule has 10 rings (SSSR count). The number of hydrogen-bond donors (Lipinski definition) is 4. The number of β-amino-alcohol motifs (C(OH)–C–C–N with tert-alkyl or cyclic N) is 1. The van der Waals surface area contributed by atoms with E-state index in [1.165, 1.54) is 4.90 Å². The molecule has 8 heterocycles. The first kappa shape index (κ1) is 50.7. The van der Waals surface area contributed by atoms with Gasteiger partial charge < -0.3 is 45.4 Å². The van der Waals surface area contributed by atoms with E-state index in [1.807, 2.05) is 81.9 Å². The first-order valence-electron chi connectivity index (χ1n) is 25.8. The highest BCUT2D eigenvalue weighted by Gasteiger charge is 2.44. The van der Waals surface area contributed by atoms with Gasteiger partial charge in [0.15, 0.2) is 11.6 Å². The Bertz CT molecular complexity index is 2880. The topological polar surface area (TPSA) is 217 Å². The summed E-state index contributed by atoms with van der Waals surface area (Å²) in [6, 6.07) is 20.0. The lowest BCUT2D eigenvalue weighted by molar-refractivity contribution is -0.142. The third kappa shape index (κ3) is 11.1. The van der Waals surface area contributed by atoms with Gasteiger partial charge in [0.05, 0.1) is 52.0 Å². The van der Waals surface area contributed by atoms with Gasteiger partial charge in [-0.25, -0.2) is 9.97 Å². The van der Waals surface area contributed by atoms with E-state index in [0.717, 1.165) is 98.3 Å². The number of amides is 2. The van der Waals surface area contributed by atoms with Crippen LogP contribution in [-0.4, -0.2) is 163 Å². The standard InChI is InChI=1S/C54H67N13O6S/c1-34(2)50(54(71)65-31-42(68)26-47(65)53(70)59-35(3)37-9-11-38(12-10-37)51-36(4)57-33-74-51)66-32-43(28-58-66)72-23-21-62-17-19-63(20-18-62)22-24-73-49-25-39(15-16-56-49)67-40-13-14-41(67)30-64(29-40)46-27-45(60-61-52(46)55)44-7-5-6-8-48(44)69/h5-12,15-16,25,27-28,32-35,40-42,47,50,68-69H,13-14,17-24,26,29-31H2,1-4H3,(H2,55,61)(H,59,70)/t35?,40?,41?,42-,47+,50?/m1/s1. The minimum Gasteiger partial charge on any atom is -0.507 e. The number of ether oxygens (including phenoxy) is 2. The smallest absolute Gasteiger partial charge is 0.248 e. The molecule has 2 aromatic carbocycles. The molecule has 74 heavy (non-hydrogen) atoms. The number of anilines is 3. The number of nitrogens with two attached hydrogens (primary N) is 1. The SMILES string of the molecule is Cc1ncsc1-c1ccc(C(C)NC(=O)[C@@H]2C[C@@H](O)CN2C(=O)C(C(C)C)n2cc(OCCN3CCN(CCOc4cc(N5C6CCC5CN(c5cc(-c7ccccc7O)nnc5N)C6)ccn4)CC3)cn2)cc1. The highest BCUT2D eigenvalue weighted by Crippen LogP contribution is 2.40. The predicted molar refractivity (Wildman–Crippen MR) is 284 cm³/mol. The van der Waals surface area contributed by atoms with Crippen molar-refractivity contribution in [3.05, 3.63) is 102 Å². The number of aliphatic hydroxyl groups is 1. The molecule has 0 radical (unpaired) electrons. The van der Waals surface area contributed by atoms with Crippen LogP contribution in [-0.2, 0) is 9.59 Å². The molecule has 4 aliphatic rings. The summed E-state index contributed by atoms with van der Waals surface area (Å²) >= 11 is 1.59. The molecule has 6 aromatic rings. The maximum atomic E-state index is 14.3. The zero-order chi connectivity index (χ0) is 51.5. The summed E-state index contributed by atoms with van der Waals surface area (Å²) in [5.74, 6) is 1.03. The second-order valence-electron chi connectivity index (χ2n) is 20.3. The van der Waals surface area contributed by atoms with Gasteiger partial charge in [-0.15, -0.1) is 21.5 Å². The molecule has 6 atom stereocenters. The maximum Gasteiger partial charge on any atom is 0.248 e. The van der Waals surface area contributed by atoms with Crippen LogP contribution in [0.1, 0.15) is 63.4 Å². The number of benzene rings is 2. The summed E-state index contributed by atoms with van der Waals surface area (Å²) in [6.45, 7) is 15.7. The zero-order valence-electron chi connectivity index (χ0n) is 42.5. The van der Waals surface area contributed by atoms with E-state index in [1.54, 1.807) is 40.5 Å². The number of aliphatic hydroxyl groups excluding tert-OH is 1. The summed E-state index contributed by atoms with van der Waals surface area (Å²) in [5, 5.41) is 37.4. The van der Waals surface area contributed by atoms with Gasteiger partial charge in [0.1, 0.15) is 31.0 Å². The number of likely N-dealkylation sites (tertiary alicyclic amines) is 1. The fourth-order valence-electron chi connectivity index (χ4n) is 11.1. The van der Waals surface area contributed by atoms with Crippen LogP contribution in [0.5, 0.6) is 17.4 Å². The van der Waals surface area contributed by atoms with Gasteiger partial charge in [-0.1, -0.05) is 50.2 Å². The van der Waals surface area contributed by atoms with Crippen LogP contribution in [0, 0.1) is 12.8 Å². The summed E-state index contributed by atoms with van der Waals surface area (Å²) in [6.07, 6.45) is 6.71. The van der Waals surface area contributed by atoms with Crippen molar-refractivity contribution < 1.29 is 29.3 Å². The number of phenols is 1. The van der Waals surface area contributed by atoms with E-state index < -0.39 is 18.2 Å². The van der Waals surface area contributed by atoms with E-state index in [2.05, 4.69) is 62.3 Å². The van der Waals surface area contributed by atoms with Gasteiger partial charge in [0, 0.05) is 101 Å². The number of aryl methyl sites for hydroxylation is 1. The molecule has 0 aliphatic carbocycles. The number of aromatic hydroxyl groups is 1. The first-order chi connectivity index (χ1) is 35.9. The molecule has 4 aromatic heterocycles. The molecule has 390 valence electrons. The van der Waals surface area contributed by atoms with Crippen LogP contribution in [0.3, 0.4) is 0 Å². The van der Waals surface area contributed by atoms with Crippen LogP contribution < -0.4 is 30.3 Å². The predicted octanol–water partition coefficient (Wildman–Crippen LogP) is 5.42. The number of thiazole rings is 1. The largest absolute Gasteiger partial charge is 0.507 e. The number of rotatable bonds is 18. The zero-order valence-corrected chi connectivity index (χ0v) is 43.4. The minimum atomic E-state index is -0.810. The average Bonchev–Trinajstić information content (AvgIpc) is 4.20. The number of piperazine rings is 2. The monoisotopic (exact) mass is 1030 g/mol. The Morgan fingerprint density at radius 2 is 1.61 bits per heavy atom. The van der Waals surface area contributed by atoms with Crippen molar-refractivity contribution in [2.24, 2.45) is 5.92 Å². The van der Waals surface area contributed by atoms with Crippen LogP contribution >= 0.6 is 11.3 Å². The number of nitrogen functional groups attached to an aromatic ring is 1. The Morgan fingerprint density at radius 1 is 0.892 bits per heavy atom. The lowest BCUT2D eigenvalue weighted by Crippen LogP contribution is -2.54. The molecule has 2 amide bonds. The first-order valence-corrected chi connectivity index (χ1v) is 26.7. The highest BCUT2D eigenvalue weighted by molar-refractivity contribution is 7.13. The Kier molecular flexibility index (Phi) is 15.3. The van der Waals surface area contributed by atoms with E-state index in [0.29, 0.717) is 41.9 Å². The fourth-order valence-corrected chi connectivity index (χ4v) is 11.9. The van der Waals surface area contributed by atoms with Crippen molar-refractivity contribution >= 4 is 40.3 Å². The molecule has 4 saturated heterocycles. The molecule has 20 heteroatoms. The average molecular weight is 1030 g/mol. The summed E-state index contributed by atoms with van der Waals surface area (Å²) in [5.41, 5.74) is 14.4. The van der Waals surface area contributed by atoms with Crippen LogP contribution in [0.15, 0.2) is 90.8 Å². The fraction of sp³-hybridized carbons (Fsp3) is 0.463. The summed E-state index contributed by atoms with van der Waals surface area (Å²) < 4.78 is 14.0. The molecule has 0 spiro atoms. The third-order valence-electron chi connectivity index (χ3n) is 15.0. The summed E-state index contributed by atoms with van der Waals surface area (Å²) in [7, 11) is 0. The second-order valence-corrected chi connectivity index (χ2v) is 21.2. The second kappa shape index (κ2) is 22.3. The Labute approximate surface area is 435 Å². The molecule has 4 fully saturated rings. The Balaban J connectivity index is 0.655. The Hall–Kier alpha value is -6.87. The number of carbonyl (C=O) groups excluding carboxylic acids is 2. The Morgan fingerprint density at radius 3 is 2.30 bits per heavy atom. The summed E-state index contributed by atoms with van der Waals surface area (Å²) in [4.78, 5) is 49.2. The van der Waals surface area contributed by atoms with Crippen LogP contribution in [0.4, 0.5) is 17.2 Å². The lowest BCUT2D eigenvalue weighted by atomic mass is 10.0. The third-order valence-corrected chi connectivity index (χ3v) is 16.0. The van der Waals surface area contributed by atoms with Crippen LogP contribution in [0.2, 0.25) is 0 Å². The quantitative estimate of drug-likeness (QED) is 0.0845. The lowest BCUT2D eigenvalue weighted by Gasteiger charge is -2.43. The van der Waals surface area contributed by atoms with Gasteiger partial charge in [0.25, 0.3) is 0 Å². The van der Waals surface area contributed by atoms with Gasteiger partial charge in [-0.3, -0.25) is 24.1 Å². The maximum absolute atomic E-state index is 14.3. The van der Waals surface area contributed by atoms with E-state index in [-0.39, 0.29) is 54.6 Å². The normalized spacial score (nSPS) is 21.0. The molecule has 5 N–H and O–H groups in total. The van der Waals surface area contributed by atoms with Crippen molar-refractivity contribution in [1.82, 2.24) is 50.0 Å². The van der Waals surface area contributed by atoms with Crippen LogP contribution in [0.25, 0.3) is 21.7 Å². The van der Waals surface area contributed by atoms with Crippen molar-refractivity contribution in [3.63, 3.8) is 0 Å². The molecule has 2 bridgehead atoms. The number of aromatic nitrogens is 6. The number of fused-ring (bicyclic) bond motifs is 2. The van der Waals surface area contributed by atoms with E-state index in [4.69, 9.17) is 15.2 Å². The number of nitrogens with one attached hydrogen (secondary N) is 1. The van der Waals surface area contributed by atoms with Crippen molar-refractivity contribution in [2.75, 3.05) is 87.7 Å². The highest BCUT2D eigenvalue weighted by atomic mass is 32.1. The molecule has 19 nitrogen and oxygen atoms in total. The number of phenolic OH excluding ortho intramolecular Hbond substituents is 1. The number of para-hydroxylation sites is 1. The molecule has 4 unspecified atom stereocenters. The van der Waals surface area contributed by atoms with Crippen molar-refractivity contribution in [2.45, 2.75) is 83.3 Å². The minimum absolute atomic E-state index is 0.0728. The molecule has 4 aliphatic heterocycles. The number of carbonyl (C=O) groups is 2. The van der Waals surface area contributed by atoms with Gasteiger partial charge >= 0.3 is 0 Å². The van der Waals surface area contributed by atoms with E-state index >= 15 is 0 Å². The molecule has 0 saturated carbocycles. The van der Waals surface area contributed by atoms with Gasteiger partial charge in [0.2, 0.25) is 17.7 Å². The molecular formula is C54H67N13O6S. The number of nitrogens with zero attached hydrogens (tertiary/aromatic N) is 11. The van der Waals surface area contributed by atoms with Crippen molar-refractivity contribution in [1.29, 1.82) is 0 Å².